The zero-order chi connectivity index (χ0) is 17.4. The number of rotatable bonds is 10. The maximum Gasteiger partial charge on any atom is 0.508 e. The number of unbranched alkanes of at least 4 members (excludes halogenated alkanes) is 1. The molecule has 0 aromatic rings. The predicted octanol–water partition coefficient (Wildman–Crippen LogP) is 5.39. The van der Waals surface area contributed by atoms with Gasteiger partial charge in [0.1, 0.15) is 0 Å². The van der Waals surface area contributed by atoms with Crippen LogP contribution in [0.5, 0.6) is 0 Å². The first-order valence-corrected chi connectivity index (χ1v) is 8.25. The SMILES string of the molecule is CCCCC(CC)C(OOC(C)(C)CC(C)(C)C)OC(=O)O. The standard InChI is InChI=1S/C17H34O5/c1-8-10-11-13(9-2)14(20-15(18)19)21-22-17(6,7)12-16(3,4)5/h13-14H,8-12H2,1-7H3,(H,18,19). The summed E-state index contributed by atoms with van der Waals surface area (Å²) in [6.07, 6.45) is 2.26. The Morgan fingerprint density at radius 1 is 1.14 bits per heavy atom. The molecule has 0 radical (unpaired) electrons. The summed E-state index contributed by atoms with van der Waals surface area (Å²) >= 11 is 0. The van der Waals surface area contributed by atoms with Gasteiger partial charge in [-0.25, -0.2) is 9.68 Å². The topological polar surface area (TPSA) is 65.0 Å². The molecule has 2 unspecified atom stereocenters. The Hall–Kier alpha value is -0.810. The molecule has 0 amide bonds. The summed E-state index contributed by atoms with van der Waals surface area (Å²) in [7, 11) is 0. The molecule has 5 heteroatoms. The Morgan fingerprint density at radius 3 is 2.14 bits per heavy atom. The van der Waals surface area contributed by atoms with Gasteiger partial charge in [0.25, 0.3) is 0 Å². The fourth-order valence-electron chi connectivity index (χ4n) is 2.78. The minimum absolute atomic E-state index is 0.00138. The highest BCUT2D eigenvalue weighted by molar-refractivity contribution is 5.56. The van der Waals surface area contributed by atoms with Gasteiger partial charge in [-0.1, -0.05) is 47.5 Å². The van der Waals surface area contributed by atoms with Crippen LogP contribution in [0.15, 0.2) is 0 Å². The summed E-state index contributed by atoms with van der Waals surface area (Å²) in [5.41, 5.74) is -0.427. The monoisotopic (exact) mass is 318 g/mol. The van der Waals surface area contributed by atoms with E-state index in [9.17, 15) is 4.79 Å². The van der Waals surface area contributed by atoms with Crippen molar-refractivity contribution in [3.05, 3.63) is 0 Å². The van der Waals surface area contributed by atoms with Gasteiger partial charge in [-0.3, -0.25) is 0 Å². The highest BCUT2D eigenvalue weighted by Gasteiger charge is 2.32. The second-order valence-electron chi connectivity index (χ2n) is 7.74. The van der Waals surface area contributed by atoms with Crippen molar-refractivity contribution >= 4 is 6.16 Å². The number of carbonyl (C=O) groups is 1. The van der Waals surface area contributed by atoms with Gasteiger partial charge in [0.05, 0.1) is 5.60 Å². The van der Waals surface area contributed by atoms with E-state index in [1.165, 1.54) is 0 Å². The van der Waals surface area contributed by atoms with E-state index in [-0.39, 0.29) is 11.3 Å². The molecule has 2 atom stereocenters. The summed E-state index contributed by atoms with van der Waals surface area (Å²) in [5.74, 6) is 0.00138. The third kappa shape index (κ3) is 10.0. The van der Waals surface area contributed by atoms with Crippen LogP contribution in [0.3, 0.4) is 0 Å². The molecule has 0 spiro atoms. The van der Waals surface area contributed by atoms with Gasteiger partial charge in [0.15, 0.2) is 0 Å². The molecule has 0 aromatic carbocycles. The van der Waals surface area contributed by atoms with Gasteiger partial charge in [0, 0.05) is 5.92 Å². The molecule has 0 heterocycles. The summed E-state index contributed by atoms with van der Waals surface area (Å²) in [4.78, 5) is 21.9. The molecule has 5 nitrogen and oxygen atoms in total. The number of carboxylic acid groups (broad SMARTS) is 1. The fourth-order valence-corrected chi connectivity index (χ4v) is 2.78. The highest BCUT2D eigenvalue weighted by Crippen LogP contribution is 2.31. The third-order valence-corrected chi connectivity index (χ3v) is 3.38. The molecule has 0 aliphatic carbocycles. The van der Waals surface area contributed by atoms with Crippen molar-refractivity contribution in [1.82, 2.24) is 0 Å². The molecule has 0 aromatic heterocycles. The fraction of sp³-hybridized carbons (Fsp3) is 0.941. The molecule has 0 saturated heterocycles. The van der Waals surface area contributed by atoms with E-state index in [2.05, 4.69) is 27.7 Å². The Bertz CT molecular complexity index is 320. The van der Waals surface area contributed by atoms with Crippen LogP contribution in [0.1, 0.15) is 80.6 Å². The average molecular weight is 318 g/mol. The average Bonchev–Trinajstić information content (AvgIpc) is 2.33. The van der Waals surface area contributed by atoms with Crippen LogP contribution in [-0.2, 0) is 14.5 Å². The van der Waals surface area contributed by atoms with E-state index in [4.69, 9.17) is 19.6 Å². The lowest BCUT2D eigenvalue weighted by molar-refractivity contribution is -0.424. The van der Waals surface area contributed by atoms with Gasteiger partial charge in [0.2, 0.25) is 6.29 Å². The lowest BCUT2D eigenvalue weighted by atomic mass is 9.84. The molecule has 1 N–H and O–H groups in total. The summed E-state index contributed by atoms with van der Waals surface area (Å²) in [5, 5.41) is 8.91. The van der Waals surface area contributed by atoms with Crippen LogP contribution < -0.4 is 0 Å². The van der Waals surface area contributed by atoms with Crippen molar-refractivity contribution in [2.45, 2.75) is 92.5 Å². The summed E-state index contributed by atoms with van der Waals surface area (Å²) in [6.45, 7) is 14.3. The summed E-state index contributed by atoms with van der Waals surface area (Å²) < 4.78 is 4.90. The van der Waals surface area contributed by atoms with Crippen LogP contribution in [-0.4, -0.2) is 23.2 Å². The van der Waals surface area contributed by atoms with Gasteiger partial charge in [-0.15, -0.1) is 0 Å². The van der Waals surface area contributed by atoms with Crippen molar-refractivity contribution in [2.24, 2.45) is 11.3 Å². The van der Waals surface area contributed by atoms with Crippen LogP contribution in [0, 0.1) is 11.3 Å². The van der Waals surface area contributed by atoms with E-state index in [1.807, 2.05) is 20.8 Å². The first-order valence-electron chi connectivity index (χ1n) is 8.25. The quantitative estimate of drug-likeness (QED) is 0.253. The van der Waals surface area contributed by atoms with Crippen molar-refractivity contribution in [2.75, 3.05) is 0 Å². The van der Waals surface area contributed by atoms with Gasteiger partial charge in [-0.05, 0) is 38.5 Å². The Kier molecular flexibility index (Phi) is 9.01. The molecule has 0 rings (SSSR count). The second-order valence-corrected chi connectivity index (χ2v) is 7.74. The molecule has 132 valence electrons. The number of hydrogen-bond acceptors (Lipinski definition) is 4. The van der Waals surface area contributed by atoms with Crippen LogP contribution >= 0.6 is 0 Å². The maximum absolute atomic E-state index is 10.9. The smallest absolute Gasteiger partial charge is 0.450 e. The van der Waals surface area contributed by atoms with Crippen LogP contribution in [0.2, 0.25) is 0 Å². The van der Waals surface area contributed by atoms with Crippen molar-refractivity contribution in [1.29, 1.82) is 0 Å². The predicted molar refractivity (Wildman–Crippen MR) is 86.5 cm³/mol. The first-order chi connectivity index (χ1) is 10.0. The molecule has 0 aliphatic rings. The molecular formula is C17H34O5. The number of ether oxygens (including phenoxy) is 1. The van der Waals surface area contributed by atoms with E-state index >= 15 is 0 Å². The van der Waals surface area contributed by atoms with E-state index in [1.54, 1.807) is 0 Å². The largest absolute Gasteiger partial charge is 0.508 e. The Balaban J connectivity index is 4.73. The highest BCUT2D eigenvalue weighted by atomic mass is 17.2. The third-order valence-electron chi connectivity index (χ3n) is 3.38. The Morgan fingerprint density at radius 2 is 1.73 bits per heavy atom. The van der Waals surface area contributed by atoms with Gasteiger partial charge >= 0.3 is 6.16 Å². The molecule has 0 fully saturated rings. The van der Waals surface area contributed by atoms with E-state index in [0.717, 1.165) is 32.1 Å². The molecule has 0 bridgehead atoms. The van der Waals surface area contributed by atoms with Crippen molar-refractivity contribution in [3.8, 4) is 0 Å². The zero-order valence-electron chi connectivity index (χ0n) is 15.3. The lowest BCUT2D eigenvalue weighted by Crippen LogP contribution is -2.36. The molecule has 22 heavy (non-hydrogen) atoms. The van der Waals surface area contributed by atoms with E-state index < -0.39 is 18.0 Å². The zero-order valence-corrected chi connectivity index (χ0v) is 15.3. The summed E-state index contributed by atoms with van der Waals surface area (Å²) in [6, 6.07) is 0. The molecule has 0 aliphatic heterocycles. The molecular weight excluding hydrogens is 284 g/mol. The first kappa shape index (κ1) is 21.2. The lowest BCUT2D eigenvalue weighted by Gasteiger charge is -2.33. The minimum atomic E-state index is -1.34. The van der Waals surface area contributed by atoms with Crippen LogP contribution in [0.25, 0.3) is 0 Å². The molecule has 0 saturated carbocycles. The van der Waals surface area contributed by atoms with Crippen molar-refractivity contribution in [3.63, 3.8) is 0 Å². The minimum Gasteiger partial charge on any atom is -0.450 e. The van der Waals surface area contributed by atoms with Gasteiger partial charge < -0.3 is 9.84 Å². The number of hydrogen-bond donors (Lipinski definition) is 1. The normalized spacial score (nSPS) is 15.4. The van der Waals surface area contributed by atoms with Crippen molar-refractivity contribution < 1.29 is 24.4 Å². The second kappa shape index (κ2) is 9.36. The van der Waals surface area contributed by atoms with E-state index in [0.29, 0.717) is 0 Å². The van der Waals surface area contributed by atoms with Gasteiger partial charge in [-0.2, -0.15) is 4.89 Å². The Labute approximate surface area is 135 Å². The maximum atomic E-state index is 10.9. The van der Waals surface area contributed by atoms with Crippen LogP contribution in [0.4, 0.5) is 4.79 Å².